The van der Waals surface area contributed by atoms with E-state index in [9.17, 15) is 4.39 Å². The summed E-state index contributed by atoms with van der Waals surface area (Å²) in [7, 11) is 0. The van der Waals surface area contributed by atoms with Crippen molar-refractivity contribution in [3.8, 4) is 11.1 Å². The smallest absolute Gasteiger partial charge is 0.230 e. The number of halogens is 1. The first-order valence-electron chi connectivity index (χ1n) is 7.29. The van der Waals surface area contributed by atoms with Crippen LogP contribution in [0.25, 0.3) is 11.1 Å². The van der Waals surface area contributed by atoms with Gasteiger partial charge in [0, 0.05) is 6.61 Å². The maximum absolute atomic E-state index is 13.0. The molecule has 0 unspecified atom stereocenters. The second-order valence-electron chi connectivity index (χ2n) is 5.49. The van der Waals surface area contributed by atoms with E-state index in [0.29, 0.717) is 12.0 Å². The van der Waals surface area contributed by atoms with Crippen molar-refractivity contribution in [2.24, 2.45) is 5.92 Å². The number of nitrogen functional groups attached to an aromatic ring is 1. The van der Waals surface area contributed by atoms with Gasteiger partial charge < -0.3 is 15.0 Å². The Morgan fingerprint density at radius 1 is 1.33 bits per heavy atom. The van der Waals surface area contributed by atoms with Gasteiger partial charge in [-0.15, -0.1) is 0 Å². The summed E-state index contributed by atoms with van der Waals surface area (Å²) in [6, 6.07) is 6.23. The van der Waals surface area contributed by atoms with Crippen molar-refractivity contribution in [2.45, 2.75) is 32.3 Å². The summed E-state index contributed by atoms with van der Waals surface area (Å²) in [4.78, 5) is 0. The molecule has 0 spiro atoms. The van der Waals surface area contributed by atoms with Gasteiger partial charge in [-0.3, -0.25) is 0 Å². The third-order valence-corrected chi connectivity index (χ3v) is 4.00. The van der Waals surface area contributed by atoms with Crippen LogP contribution in [0.4, 0.5) is 10.3 Å². The van der Waals surface area contributed by atoms with Crippen LogP contribution in [0.1, 0.15) is 25.5 Å². The predicted octanol–water partition coefficient (Wildman–Crippen LogP) is 3.42. The van der Waals surface area contributed by atoms with E-state index in [1.807, 2.05) is 6.92 Å². The highest BCUT2D eigenvalue weighted by Crippen LogP contribution is 2.37. The molecule has 2 aromatic rings. The van der Waals surface area contributed by atoms with Gasteiger partial charge in [0.2, 0.25) is 5.88 Å². The fourth-order valence-electron chi connectivity index (χ4n) is 2.89. The number of hydrogen-bond donors (Lipinski definition) is 1. The second-order valence-corrected chi connectivity index (χ2v) is 5.49. The molecule has 1 saturated carbocycles. The van der Waals surface area contributed by atoms with E-state index < -0.39 is 0 Å². The average Bonchev–Trinajstić information content (AvgIpc) is 2.79. The molecular formula is C16H19FN2O2. The number of aromatic nitrogens is 1. The summed E-state index contributed by atoms with van der Waals surface area (Å²) < 4.78 is 23.7. The second kappa shape index (κ2) is 5.85. The largest absolute Gasteiger partial charge is 0.378 e. The molecule has 3 rings (SSSR count). The van der Waals surface area contributed by atoms with E-state index in [2.05, 4.69) is 5.16 Å². The Balaban J connectivity index is 1.74. The minimum Gasteiger partial charge on any atom is -0.378 e. The van der Waals surface area contributed by atoms with Gasteiger partial charge in [0.15, 0.2) is 0 Å². The topological polar surface area (TPSA) is 61.3 Å². The summed E-state index contributed by atoms with van der Waals surface area (Å²) in [6.07, 6.45) is 3.28. The standard InChI is InChI=1S/C16H19FN2O2/c1-2-20-13-7-10(8-13)9-14-15(16(18)21-19-14)11-3-5-12(17)6-4-11/h3-6,10,13H,2,7-9,18H2,1H3. The third-order valence-electron chi connectivity index (χ3n) is 4.00. The van der Waals surface area contributed by atoms with E-state index >= 15 is 0 Å². The number of nitrogens with zero attached hydrogens (tertiary/aromatic N) is 1. The van der Waals surface area contributed by atoms with Gasteiger partial charge >= 0.3 is 0 Å². The van der Waals surface area contributed by atoms with Crippen LogP contribution in [0.15, 0.2) is 28.8 Å². The highest BCUT2D eigenvalue weighted by molar-refractivity contribution is 5.75. The highest BCUT2D eigenvalue weighted by atomic mass is 19.1. The summed E-state index contributed by atoms with van der Waals surface area (Å²) in [5, 5.41) is 4.07. The third kappa shape index (κ3) is 2.93. The molecule has 0 bridgehead atoms. The van der Waals surface area contributed by atoms with Gasteiger partial charge in [-0.2, -0.15) is 0 Å². The molecule has 4 nitrogen and oxygen atoms in total. The molecule has 2 N–H and O–H groups in total. The molecule has 1 aromatic heterocycles. The van der Waals surface area contributed by atoms with E-state index in [0.717, 1.165) is 42.7 Å². The molecule has 112 valence electrons. The normalized spacial score (nSPS) is 21.2. The number of anilines is 1. The molecular weight excluding hydrogens is 271 g/mol. The number of rotatable bonds is 5. The van der Waals surface area contributed by atoms with Crippen molar-refractivity contribution in [1.29, 1.82) is 0 Å². The average molecular weight is 290 g/mol. The zero-order valence-electron chi connectivity index (χ0n) is 12.0. The van der Waals surface area contributed by atoms with Crippen LogP contribution in [0.5, 0.6) is 0 Å². The Morgan fingerprint density at radius 2 is 2.05 bits per heavy atom. The lowest BCUT2D eigenvalue weighted by Gasteiger charge is -2.34. The highest BCUT2D eigenvalue weighted by Gasteiger charge is 2.31. The Hall–Kier alpha value is -1.88. The van der Waals surface area contributed by atoms with Gasteiger partial charge in [-0.1, -0.05) is 17.3 Å². The molecule has 0 saturated heterocycles. The molecule has 0 atom stereocenters. The summed E-state index contributed by atoms with van der Waals surface area (Å²) in [6.45, 7) is 2.77. The lowest BCUT2D eigenvalue weighted by atomic mass is 9.78. The van der Waals surface area contributed by atoms with E-state index in [4.69, 9.17) is 15.0 Å². The molecule has 1 aliphatic rings. The molecule has 21 heavy (non-hydrogen) atoms. The van der Waals surface area contributed by atoms with Crippen LogP contribution in [0.2, 0.25) is 0 Å². The van der Waals surface area contributed by atoms with Crippen LogP contribution in [0.3, 0.4) is 0 Å². The molecule has 0 aliphatic heterocycles. The maximum atomic E-state index is 13.0. The van der Waals surface area contributed by atoms with Crippen LogP contribution >= 0.6 is 0 Å². The fourth-order valence-corrected chi connectivity index (χ4v) is 2.89. The van der Waals surface area contributed by atoms with Crippen molar-refractivity contribution < 1.29 is 13.7 Å². The van der Waals surface area contributed by atoms with Crippen molar-refractivity contribution in [2.75, 3.05) is 12.3 Å². The summed E-state index contributed by atoms with van der Waals surface area (Å²) in [5.74, 6) is 0.566. The van der Waals surface area contributed by atoms with Crippen molar-refractivity contribution in [3.05, 3.63) is 35.8 Å². The minimum absolute atomic E-state index is 0.270. The Bertz CT molecular complexity index is 603. The quantitative estimate of drug-likeness (QED) is 0.916. The first-order chi connectivity index (χ1) is 10.2. The fraction of sp³-hybridized carbons (Fsp3) is 0.438. The lowest BCUT2D eigenvalue weighted by molar-refractivity contribution is -0.0244. The van der Waals surface area contributed by atoms with Gasteiger partial charge in [-0.05, 0) is 49.8 Å². The predicted molar refractivity (Wildman–Crippen MR) is 78.2 cm³/mol. The molecule has 1 heterocycles. The first-order valence-corrected chi connectivity index (χ1v) is 7.29. The number of hydrogen-bond acceptors (Lipinski definition) is 4. The zero-order chi connectivity index (χ0) is 14.8. The molecule has 1 aromatic carbocycles. The molecule has 1 fully saturated rings. The van der Waals surface area contributed by atoms with Crippen LogP contribution in [-0.4, -0.2) is 17.9 Å². The van der Waals surface area contributed by atoms with Crippen LogP contribution in [-0.2, 0) is 11.2 Å². The molecule has 0 radical (unpaired) electrons. The number of ether oxygens (including phenoxy) is 1. The number of benzene rings is 1. The molecule has 1 aliphatic carbocycles. The number of nitrogens with two attached hydrogens (primary N) is 1. The van der Waals surface area contributed by atoms with Crippen LogP contribution in [0, 0.1) is 11.7 Å². The van der Waals surface area contributed by atoms with E-state index in [-0.39, 0.29) is 11.7 Å². The SMILES string of the molecule is CCOC1CC(Cc2noc(N)c2-c2ccc(F)cc2)C1. The minimum atomic E-state index is -0.270. The van der Waals surface area contributed by atoms with Gasteiger partial charge in [-0.25, -0.2) is 4.39 Å². The van der Waals surface area contributed by atoms with Crippen LogP contribution < -0.4 is 5.73 Å². The Morgan fingerprint density at radius 3 is 2.71 bits per heavy atom. The van der Waals surface area contributed by atoms with Gasteiger partial charge in [0.25, 0.3) is 0 Å². The van der Waals surface area contributed by atoms with Crippen molar-refractivity contribution >= 4 is 5.88 Å². The first kappa shape index (κ1) is 14.1. The Labute approximate surface area is 123 Å². The Kier molecular flexibility index (Phi) is 3.92. The maximum Gasteiger partial charge on any atom is 0.230 e. The zero-order valence-corrected chi connectivity index (χ0v) is 12.0. The summed E-state index contributed by atoms with van der Waals surface area (Å²) in [5.41, 5.74) is 8.35. The molecule has 0 amide bonds. The monoisotopic (exact) mass is 290 g/mol. The van der Waals surface area contributed by atoms with E-state index in [1.165, 1.54) is 12.1 Å². The lowest BCUT2D eigenvalue weighted by Crippen LogP contribution is -2.32. The van der Waals surface area contributed by atoms with Crippen molar-refractivity contribution in [1.82, 2.24) is 5.16 Å². The summed E-state index contributed by atoms with van der Waals surface area (Å²) >= 11 is 0. The van der Waals surface area contributed by atoms with E-state index in [1.54, 1.807) is 12.1 Å². The van der Waals surface area contributed by atoms with Gasteiger partial charge in [0.1, 0.15) is 5.82 Å². The van der Waals surface area contributed by atoms with Crippen molar-refractivity contribution in [3.63, 3.8) is 0 Å². The van der Waals surface area contributed by atoms with Gasteiger partial charge in [0.05, 0.1) is 17.4 Å². The molecule has 5 heteroatoms.